The van der Waals surface area contributed by atoms with Crippen LogP contribution in [-0.2, 0) is 17.8 Å². The van der Waals surface area contributed by atoms with Gasteiger partial charge in [0.2, 0.25) is 5.91 Å². The van der Waals surface area contributed by atoms with Crippen molar-refractivity contribution in [2.75, 3.05) is 17.8 Å². The monoisotopic (exact) mass is 477 g/mol. The van der Waals surface area contributed by atoms with Crippen molar-refractivity contribution in [3.63, 3.8) is 0 Å². The van der Waals surface area contributed by atoms with Gasteiger partial charge in [0.1, 0.15) is 5.75 Å². The Kier molecular flexibility index (Phi) is 7.96. The van der Waals surface area contributed by atoms with Gasteiger partial charge in [-0.1, -0.05) is 30.4 Å². The van der Waals surface area contributed by atoms with Crippen molar-refractivity contribution < 1.29 is 9.53 Å². The minimum absolute atomic E-state index is 0.0870. The van der Waals surface area contributed by atoms with Crippen LogP contribution in [-0.4, -0.2) is 28.7 Å². The third-order valence-electron chi connectivity index (χ3n) is 5.31. The lowest BCUT2D eigenvalue weighted by molar-refractivity contribution is -0.118. The van der Waals surface area contributed by atoms with Crippen LogP contribution in [0.5, 0.6) is 5.75 Å². The zero-order chi connectivity index (χ0) is 23.0. The van der Waals surface area contributed by atoms with Gasteiger partial charge in [-0.2, -0.15) is 0 Å². The van der Waals surface area contributed by atoms with Crippen LogP contribution in [0.1, 0.15) is 30.9 Å². The van der Waals surface area contributed by atoms with E-state index < -0.39 is 0 Å². The fourth-order valence-electron chi connectivity index (χ4n) is 3.45. The highest BCUT2D eigenvalue weighted by Gasteiger charge is 2.20. The Bertz CT molecular complexity index is 1190. The van der Waals surface area contributed by atoms with Crippen LogP contribution in [0.2, 0.25) is 0 Å². The van der Waals surface area contributed by atoms with Crippen LogP contribution in [0, 0.1) is 0 Å². The molecule has 0 atom stereocenters. The minimum Gasteiger partial charge on any atom is -0.497 e. The number of benzene rings is 2. The number of amides is 1. The molecule has 0 saturated carbocycles. The van der Waals surface area contributed by atoms with E-state index in [2.05, 4.69) is 24.0 Å². The molecule has 4 rings (SSSR count). The van der Waals surface area contributed by atoms with Gasteiger partial charge >= 0.3 is 0 Å². The number of methoxy groups -OCH3 is 1. The number of thioether (sulfide) groups is 1. The Morgan fingerprint density at radius 2 is 1.97 bits per heavy atom. The Labute approximate surface area is 202 Å². The summed E-state index contributed by atoms with van der Waals surface area (Å²) >= 11 is 3.33. The highest BCUT2D eigenvalue weighted by atomic mass is 32.2. The van der Waals surface area contributed by atoms with Crippen LogP contribution in [0.25, 0.3) is 10.2 Å². The maximum Gasteiger partial charge on any atom is 0.229 e. The van der Waals surface area contributed by atoms with Crippen molar-refractivity contribution in [3.8, 4) is 5.75 Å². The molecular weight excluding hydrogens is 450 g/mol. The summed E-state index contributed by atoms with van der Waals surface area (Å²) in [6.07, 6.45) is 5.80. The van der Waals surface area contributed by atoms with Crippen molar-refractivity contribution in [1.29, 1.82) is 0 Å². The van der Waals surface area contributed by atoms with Crippen molar-refractivity contribution in [1.82, 2.24) is 9.97 Å². The molecule has 0 radical (unpaired) electrons. The van der Waals surface area contributed by atoms with Gasteiger partial charge in [0, 0.05) is 23.7 Å². The predicted octanol–water partition coefficient (Wildman–Crippen LogP) is 6.37. The fourth-order valence-corrected chi connectivity index (χ4v) is 5.35. The second kappa shape index (κ2) is 11.3. The second-order valence-corrected chi connectivity index (χ2v) is 9.80. The average Bonchev–Trinajstić information content (AvgIpc) is 3.29. The third-order valence-corrected chi connectivity index (χ3v) is 7.45. The third kappa shape index (κ3) is 6.12. The predicted molar refractivity (Wildman–Crippen MR) is 137 cm³/mol. The number of nitrogens with zero attached hydrogens (tertiary/aromatic N) is 3. The number of carbonyl (C=O) groups is 1. The summed E-state index contributed by atoms with van der Waals surface area (Å²) in [5.41, 5.74) is 3.21. The molecule has 2 aromatic heterocycles. The van der Waals surface area contributed by atoms with Crippen molar-refractivity contribution in [2.24, 2.45) is 0 Å². The summed E-state index contributed by atoms with van der Waals surface area (Å²) in [4.78, 5) is 25.3. The number of pyridine rings is 1. The molecule has 2 aromatic carbocycles. The Balaban J connectivity index is 1.45. The molecule has 0 aliphatic rings. The highest BCUT2D eigenvalue weighted by Crippen LogP contribution is 2.31. The molecule has 0 unspecified atom stereocenters. The molecule has 170 valence electrons. The average molecular weight is 478 g/mol. The van der Waals surface area contributed by atoms with E-state index in [1.165, 1.54) is 10.5 Å². The lowest BCUT2D eigenvalue weighted by Gasteiger charge is -2.20. The molecule has 1 amide bonds. The number of hydrogen-bond donors (Lipinski definition) is 0. The molecule has 2 heterocycles. The van der Waals surface area contributed by atoms with Gasteiger partial charge in [-0.05, 0) is 72.2 Å². The maximum atomic E-state index is 13.3. The summed E-state index contributed by atoms with van der Waals surface area (Å²) in [6, 6.07) is 18.2. The summed E-state index contributed by atoms with van der Waals surface area (Å²) in [5.74, 6) is 1.81. The lowest BCUT2D eigenvalue weighted by atomic mass is 10.2. The van der Waals surface area contributed by atoms with E-state index in [1.54, 1.807) is 36.4 Å². The van der Waals surface area contributed by atoms with Crippen molar-refractivity contribution in [3.05, 3.63) is 78.1 Å². The lowest BCUT2D eigenvalue weighted by Crippen LogP contribution is -2.30. The molecule has 0 bridgehead atoms. The minimum atomic E-state index is 0.0870. The molecule has 33 heavy (non-hydrogen) atoms. The molecular formula is C26H27N3O2S2. The maximum absolute atomic E-state index is 13.3. The number of thiazole rings is 1. The molecule has 7 heteroatoms. The molecule has 0 saturated heterocycles. The standard InChI is InChI=1S/C26H27N3O2S2/c1-3-19-8-13-23-24(16-19)33-26(28-23)29(18-20-6-4-14-27-17-20)25(30)7-5-15-32-22-11-9-21(31-2)10-12-22/h4,6,8-14,16-17H,3,5,7,15,18H2,1-2H3. The van der Waals surface area contributed by atoms with Gasteiger partial charge in [-0.25, -0.2) is 4.98 Å². The number of aryl methyl sites for hydroxylation is 1. The van der Waals surface area contributed by atoms with E-state index in [4.69, 9.17) is 9.72 Å². The van der Waals surface area contributed by atoms with Crippen LogP contribution < -0.4 is 9.64 Å². The van der Waals surface area contributed by atoms with Gasteiger partial charge in [-0.15, -0.1) is 11.8 Å². The van der Waals surface area contributed by atoms with Gasteiger partial charge in [-0.3, -0.25) is 14.7 Å². The smallest absolute Gasteiger partial charge is 0.229 e. The fraction of sp³-hybridized carbons (Fsp3) is 0.269. The van der Waals surface area contributed by atoms with Crippen LogP contribution >= 0.6 is 23.1 Å². The molecule has 0 spiro atoms. The number of ether oxygens (including phenoxy) is 1. The zero-order valence-electron chi connectivity index (χ0n) is 18.9. The largest absolute Gasteiger partial charge is 0.497 e. The Morgan fingerprint density at radius 1 is 1.12 bits per heavy atom. The van der Waals surface area contributed by atoms with Crippen molar-refractivity contribution in [2.45, 2.75) is 37.6 Å². The van der Waals surface area contributed by atoms with Gasteiger partial charge in [0.25, 0.3) is 0 Å². The number of rotatable bonds is 10. The van der Waals surface area contributed by atoms with Crippen LogP contribution in [0.4, 0.5) is 5.13 Å². The topological polar surface area (TPSA) is 55.3 Å². The highest BCUT2D eigenvalue weighted by molar-refractivity contribution is 7.99. The summed E-state index contributed by atoms with van der Waals surface area (Å²) in [6.45, 7) is 2.62. The van der Waals surface area contributed by atoms with Gasteiger partial charge in [0.05, 0.1) is 23.9 Å². The number of fused-ring (bicyclic) bond motifs is 1. The first kappa shape index (κ1) is 23.3. The first-order valence-electron chi connectivity index (χ1n) is 11.0. The SMILES string of the molecule is CCc1ccc2nc(N(Cc3cccnc3)C(=O)CCCSc3ccc(OC)cc3)sc2c1. The molecule has 0 N–H and O–H groups in total. The molecule has 5 nitrogen and oxygen atoms in total. The Hall–Kier alpha value is -2.90. The summed E-state index contributed by atoms with van der Waals surface area (Å²) in [7, 11) is 1.67. The van der Waals surface area contributed by atoms with Crippen LogP contribution in [0.15, 0.2) is 71.9 Å². The molecule has 4 aromatic rings. The van der Waals surface area contributed by atoms with E-state index in [1.807, 2.05) is 53.6 Å². The normalized spacial score (nSPS) is 11.0. The quantitative estimate of drug-likeness (QED) is 0.196. The van der Waals surface area contributed by atoms with E-state index in [0.29, 0.717) is 13.0 Å². The van der Waals surface area contributed by atoms with E-state index in [-0.39, 0.29) is 5.91 Å². The van der Waals surface area contributed by atoms with Gasteiger partial charge in [0.15, 0.2) is 5.13 Å². The zero-order valence-corrected chi connectivity index (χ0v) is 20.5. The summed E-state index contributed by atoms with van der Waals surface area (Å²) < 4.78 is 6.32. The number of aromatic nitrogens is 2. The van der Waals surface area contributed by atoms with E-state index in [9.17, 15) is 4.79 Å². The molecule has 0 aliphatic heterocycles. The number of carbonyl (C=O) groups excluding carboxylic acids is 1. The second-order valence-electron chi connectivity index (χ2n) is 7.62. The first-order valence-corrected chi connectivity index (χ1v) is 12.8. The number of hydrogen-bond acceptors (Lipinski definition) is 6. The molecule has 0 fully saturated rings. The van der Waals surface area contributed by atoms with E-state index in [0.717, 1.165) is 45.3 Å². The van der Waals surface area contributed by atoms with E-state index >= 15 is 0 Å². The first-order chi connectivity index (χ1) is 16.2. The van der Waals surface area contributed by atoms with Crippen molar-refractivity contribution >= 4 is 44.4 Å². The van der Waals surface area contributed by atoms with Gasteiger partial charge < -0.3 is 4.74 Å². The van der Waals surface area contributed by atoms with Crippen LogP contribution in [0.3, 0.4) is 0 Å². The Morgan fingerprint density at radius 3 is 2.70 bits per heavy atom. The molecule has 0 aliphatic carbocycles. The summed E-state index contributed by atoms with van der Waals surface area (Å²) in [5, 5.41) is 0.745. The number of anilines is 1.